The van der Waals surface area contributed by atoms with Crippen molar-refractivity contribution in [1.29, 1.82) is 0 Å². The first-order valence-corrected chi connectivity index (χ1v) is 7.98. The molecule has 3 nitrogen and oxygen atoms in total. The van der Waals surface area contributed by atoms with Crippen molar-refractivity contribution < 1.29 is 14.3 Å². The van der Waals surface area contributed by atoms with Crippen LogP contribution in [0.25, 0.3) is 4.48 Å². The summed E-state index contributed by atoms with van der Waals surface area (Å²) in [5.74, 6) is 1.21. The Hall–Kier alpha value is -2.33. The van der Waals surface area contributed by atoms with Gasteiger partial charge in [-0.1, -0.05) is 36.4 Å². The van der Waals surface area contributed by atoms with Crippen LogP contribution in [0.4, 0.5) is 0 Å². The number of hydrogen-bond acceptors (Lipinski definition) is 3. The summed E-state index contributed by atoms with van der Waals surface area (Å²) in [4.78, 5) is 12.3. The molecule has 0 atom stereocenters. The van der Waals surface area contributed by atoms with Crippen LogP contribution in [-0.2, 0) is 0 Å². The van der Waals surface area contributed by atoms with Crippen LogP contribution in [-0.4, -0.2) is 12.6 Å². The van der Waals surface area contributed by atoms with Crippen LogP contribution in [0.5, 0.6) is 11.5 Å². The topological polar surface area (TPSA) is 35.5 Å². The number of ketones is 1. The lowest BCUT2D eigenvalue weighted by Gasteiger charge is -2.02. The molecular formula is C19H15BrO3. The zero-order valence-corrected chi connectivity index (χ0v) is 14.2. The molecule has 4 heteroatoms. The molecule has 1 aliphatic heterocycles. The second kappa shape index (κ2) is 6.84. The van der Waals surface area contributed by atoms with Crippen LogP contribution >= 0.6 is 15.9 Å². The van der Waals surface area contributed by atoms with E-state index in [1.54, 1.807) is 24.3 Å². The molecule has 1 aliphatic rings. The van der Waals surface area contributed by atoms with E-state index in [0.717, 1.165) is 15.6 Å². The maximum atomic E-state index is 12.3. The molecule has 0 saturated heterocycles. The number of rotatable bonds is 4. The van der Waals surface area contributed by atoms with Crippen molar-refractivity contribution in [1.82, 2.24) is 0 Å². The van der Waals surface area contributed by atoms with E-state index in [2.05, 4.69) is 15.9 Å². The van der Waals surface area contributed by atoms with Gasteiger partial charge in [0.2, 0.25) is 6.79 Å². The van der Waals surface area contributed by atoms with Gasteiger partial charge in [-0.3, -0.25) is 4.79 Å². The van der Waals surface area contributed by atoms with E-state index >= 15 is 0 Å². The minimum atomic E-state index is -0.0731. The van der Waals surface area contributed by atoms with Crippen molar-refractivity contribution in [3.05, 3.63) is 77.4 Å². The predicted molar refractivity (Wildman–Crippen MR) is 94.0 cm³/mol. The number of fused-ring (bicyclic) bond motifs is 1. The van der Waals surface area contributed by atoms with Gasteiger partial charge >= 0.3 is 0 Å². The van der Waals surface area contributed by atoms with Crippen molar-refractivity contribution in [2.75, 3.05) is 6.79 Å². The van der Waals surface area contributed by atoms with Gasteiger partial charge in [-0.25, -0.2) is 0 Å². The predicted octanol–water partition coefficient (Wildman–Crippen LogP) is 4.98. The molecular weight excluding hydrogens is 356 g/mol. The van der Waals surface area contributed by atoms with Gasteiger partial charge in [-0.05, 0) is 58.3 Å². The maximum absolute atomic E-state index is 12.3. The summed E-state index contributed by atoms with van der Waals surface area (Å²) in [6.45, 7) is 2.16. The number of carbonyl (C=O) groups excluding carboxylic acids is 1. The number of hydrogen-bond donors (Lipinski definition) is 0. The number of allylic oxidation sites excluding steroid dienone is 3. The molecule has 23 heavy (non-hydrogen) atoms. The molecule has 116 valence electrons. The van der Waals surface area contributed by atoms with E-state index < -0.39 is 0 Å². The van der Waals surface area contributed by atoms with Crippen molar-refractivity contribution in [3.8, 4) is 11.5 Å². The highest BCUT2D eigenvalue weighted by Gasteiger charge is 2.15. The van der Waals surface area contributed by atoms with Gasteiger partial charge < -0.3 is 9.47 Å². The largest absolute Gasteiger partial charge is 0.454 e. The summed E-state index contributed by atoms with van der Waals surface area (Å²) in [6, 6.07) is 15.2. The van der Waals surface area contributed by atoms with Crippen molar-refractivity contribution in [3.63, 3.8) is 0 Å². The molecule has 0 fully saturated rings. The first kappa shape index (κ1) is 15.6. The highest BCUT2D eigenvalue weighted by molar-refractivity contribution is 9.15. The molecule has 0 radical (unpaired) electrons. The Bertz CT molecular complexity index is 792. The average Bonchev–Trinajstić information content (AvgIpc) is 3.07. The number of ether oxygens (including phenoxy) is 2. The van der Waals surface area contributed by atoms with Crippen LogP contribution in [0, 0.1) is 0 Å². The second-order valence-corrected chi connectivity index (χ2v) is 5.92. The van der Waals surface area contributed by atoms with Crippen molar-refractivity contribution in [2.45, 2.75) is 6.92 Å². The van der Waals surface area contributed by atoms with E-state index in [4.69, 9.17) is 9.47 Å². The summed E-state index contributed by atoms with van der Waals surface area (Å²) in [5, 5.41) is 0. The molecule has 2 aromatic rings. The van der Waals surface area contributed by atoms with Gasteiger partial charge in [0.25, 0.3) is 0 Å². The third-order valence-electron chi connectivity index (χ3n) is 3.52. The van der Waals surface area contributed by atoms with Crippen LogP contribution in [0.15, 0.2) is 66.3 Å². The molecule has 1 heterocycles. The Morgan fingerprint density at radius 3 is 2.52 bits per heavy atom. The molecule has 2 aromatic carbocycles. The molecule has 0 unspecified atom stereocenters. The fraction of sp³-hybridized carbons (Fsp3) is 0.105. The minimum absolute atomic E-state index is 0.0731. The lowest BCUT2D eigenvalue weighted by molar-refractivity contribution is 0.104. The third-order valence-corrected chi connectivity index (χ3v) is 4.60. The van der Waals surface area contributed by atoms with Crippen molar-refractivity contribution in [2.24, 2.45) is 0 Å². The lowest BCUT2D eigenvalue weighted by atomic mass is 10.1. The normalized spacial score (nSPS) is 14.0. The van der Waals surface area contributed by atoms with E-state index in [9.17, 15) is 4.79 Å². The molecule has 0 spiro atoms. The van der Waals surface area contributed by atoms with Gasteiger partial charge in [-0.2, -0.15) is 0 Å². The zero-order chi connectivity index (χ0) is 16.2. The first-order valence-electron chi connectivity index (χ1n) is 7.19. The Labute approximate surface area is 143 Å². The summed E-state index contributed by atoms with van der Waals surface area (Å²) in [5.41, 5.74) is 2.63. The molecule has 0 amide bonds. The van der Waals surface area contributed by atoms with Crippen LogP contribution in [0.2, 0.25) is 0 Å². The highest BCUT2D eigenvalue weighted by atomic mass is 79.9. The van der Waals surface area contributed by atoms with E-state index in [1.807, 2.05) is 43.3 Å². The smallest absolute Gasteiger partial charge is 0.231 e. The Morgan fingerprint density at radius 2 is 1.74 bits per heavy atom. The maximum Gasteiger partial charge on any atom is 0.231 e. The summed E-state index contributed by atoms with van der Waals surface area (Å²) in [6.07, 6.45) is 3.38. The number of halogens is 1. The molecule has 3 rings (SSSR count). The quantitative estimate of drug-likeness (QED) is 0.432. The van der Waals surface area contributed by atoms with E-state index in [1.165, 1.54) is 0 Å². The van der Waals surface area contributed by atoms with Gasteiger partial charge in [0, 0.05) is 10.0 Å². The van der Waals surface area contributed by atoms with Crippen LogP contribution < -0.4 is 9.47 Å². The van der Waals surface area contributed by atoms with Crippen molar-refractivity contribution >= 4 is 26.2 Å². The molecule has 0 N–H and O–H groups in total. The van der Waals surface area contributed by atoms with Gasteiger partial charge in [0.15, 0.2) is 17.3 Å². The summed E-state index contributed by atoms with van der Waals surface area (Å²) in [7, 11) is 0. The first-order chi connectivity index (χ1) is 11.1. The molecule has 0 bridgehead atoms. The van der Waals surface area contributed by atoms with E-state index in [-0.39, 0.29) is 12.6 Å². The SMILES string of the molecule is CC(/C=C/C(=O)c1ccc2c(c1)OCO2)=C(\Br)c1ccccc1. The Balaban J connectivity index is 1.78. The second-order valence-electron chi connectivity index (χ2n) is 5.13. The average molecular weight is 371 g/mol. The molecule has 0 saturated carbocycles. The van der Waals surface area contributed by atoms with E-state index in [0.29, 0.717) is 17.1 Å². The monoisotopic (exact) mass is 370 g/mol. The fourth-order valence-corrected chi connectivity index (χ4v) is 2.63. The number of benzene rings is 2. The zero-order valence-electron chi connectivity index (χ0n) is 12.6. The molecule has 0 aromatic heterocycles. The van der Waals surface area contributed by atoms with Crippen LogP contribution in [0.1, 0.15) is 22.8 Å². The van der Waals surface area contributed by atoms with Gasteiger partial charge in [-0.15, -0.1) is 0 Å². The minimum Gasteiger partial charge on any atom is -0.454 e. The summed E-state index contributed by atoms with van der Waals surface area (Å²) >= 11 is 3.58. The van der Waals surface area contributed by atoms with Gasteiger partial charge in [0.1, 0.15) is 0 Å². The Morgan fingerprint density at radius 1 is 1.00 bits per heavy atom. The Kier molecular flexibility index (Phi) is 4.63. The fourth-order valence-electron chi connectivity index (χ4n) is 2.23. The molecule has 0 aliphatic carbocycles. The van der Waals surface area contributed by atoms with Crippen LogP contribution in [0.3, 0.4) is 0 Å². The summed E-state index contributed by atoms with van der Waals surface area (Å²) < 4.78 is 11.5. The number of carbonyl (C=O) groups is 1. The lowest BCUT2D eigenvalue weighted by Crippen LogP contribution is -1.94. The third kappa shape index (κ3) is 3.54. The standard InChI is InChI=1S/C19H15BrO3/c1-13(19(20)14-5-3-2-4-6-14)7-9-16(21)15-8-10-17-18(11-15)23-12-22-17/h2-11H,12H2,1H3/b9-7+,19-13+. The highest BCUT2D eigenvalue weighted by Crippen LogP contribution is 2.32. The van der Waals surface area contributed by atoms with Gasteiger partial charge in [0.05, 0.1) is 0 Å².